The predicted molar refractivity (Wildman–Crippen MR) is 51.8 cm³/mol. The van der Waals surface area contributed by atoms with Crippen LogP contribution in [0.5, 0.6) is 5.75 Å². The highest BCUT2D eigenvalue weighted by atomic mass is 127. The molecule has 0 spiro atoms. The summed E-state index contributed by atoms with van der Waals surface area (Å²) in [6.45, 7) is 0. The van der Waals surface area contributed by atoms with Crippen LogP contribution in [0.25, 0.3) is 0 Å². The first kappa shape index (κ1) is 9.98. The van der Waals surface area contributed by atoms with Crippen LogP contribution in [-0.4, -0.2) is 9.79 Å². The van der Waals surface area contributed by atoms with Crippen molar-refractivity contribution in [1.29, 1.82) is 0 Å². The number of hydrogen-bond acceptors (Lipinski definition) is 2. The maximum atomic E-state index is 10.4. The summed E-state index contributed by atoms with van der Waals surface area (Å²) < 4.78 is 15.7. The molecule has 0 saturated carbocycles. The molecule has 1 aromatic rings. The normalized spacial score (nSPS) is 11.2. The van der Waals surface area contributed by atoms with Crippen molar-refractivity contribution < 1.29 is 18.9 Å². The molecule has 0 fully saturated rings. The number of benzene rings is 1. The van der Waals surface area contributed by atoms with E-state index in [9.17, 15) is 4.57 Å². The molecule has 0 atom stereocenters. The van der Waals surface area contributed by atoms with Gasteiger partial charge in [-0.3, -0.25) is 9.79 Å². The van der Waals surface area contributed by atoms with E-state index in [1.54, 1.807) is 12.1 Å². The summed E-state index contributed by atoms with van der Waals surface area (Å²) in [4.78, 5) is 16.9. The summed E-state index contributed by atoms with van der Waals surface area (Å²) in [6, 6.07) is 6.40. The fourth-order valence-electron chi connectivity index (χ4n) is 0.633. The summed E-state index contributed by atoms with van der Waals surface area (Å²) in [6.07, 6.45) is 0. The second-order valence-electron chi connectivity index (χ2n) is 2.04. The van der Waals surface area contributed by atoms with Crippen LogP contribution in [0.15, 0.2) is 24.3 Å². The van der Waals surface area contributed by atoms with Gasteiger partial charge in [0.15, 0.2) is 0 Å². The van der Waals surface area contributed by atoms with E-state index < -0.39 is 7.82 Å². The third-order valence-electron chi connectivity index (χ3n) is 1.04. The van der Waals surface area contributed by atoms with Crippen molar-refractivity contribution in [3.63, 3.8) is 0 Å². The number of rotatable bonds is 2. The molecule has 0 saturated heterocycles. The van der Waals surface area contributed by atoms with Crippen LogP contribution in [0.4, 0.5) is 0 Å². The number of hydrogen-bond donors (Lipinski definition) is 2. The lowest BCUT2D eigenvalue weighted by atomic mass is 10.3. The second kappa shape index (κ2) is 3.74. The van der Waals surface area contributed by atoms with Gasteiger partial charge in [0.05, 0.1) is 0 Å². The summed E-state index contributed by atoms with van der Waals surface area (Å²) in [5.74, 6) is 0.170. The zero-order valence-corrected chi connectivity index (χ0v) is 8.90. The smallest absolute Gasteiger partial charge is 0.404 e. The molecule has 0 aliphatic heterocycles. The van der Waals surface area contributed by atoms with E-state index in [2.05, 4.69) is 27.1 Å². The van der Waals surface area contributed by atoms with Crippen molar-refractivity contribution in [2.75, 3.05) is 0 Å². The Morgan fingerprint density at radius 1 is 1.25 bits per heavy atom. The summed E-state index contributed by atoms with van der Waals surface area (Å²) >= 11 is 2.08. The molecule has 0 aliphatic rings. The van der Waals surface area contributed by atoms with E-state index in [-0.39, 0.29) is 5.75 Å². The van der Waals surface area contributed by atoms with Crippen LogP contribution in [0.3, 0.4) is 0 Å². The van der Waals surface area contributed by atoms with Gasteiger partial charge in [-0.2, -0.15) is 0 Å². The highest BCUT2D eigenvalue weighted by molar-refractivity contribution is 14.1. The molecule has 0 heterocycles. The number of halogens is 1. The Labute approximate surface area is 82.9 Å². The lowest BCUT2D eigenvalue weighted by molar-refractivity contribution is 0.283. The van der Waals surface area contributed by atoms with E-state index in [1.807, 2.05) is 0 Å². The van der Waals surface area contributed by atoms with Crippen molar-refractivity contribution in [3.8, 4) is 5.75 Å². The molecule has 1 aromatic carbocycles. The zero-order chi connectivity index (χ0) is 9.19. The van der Waals surface area contributed by atoms with Gasteiger partial charge in [-0.15, -0.1) is 0 Å². The SMILES string of the molecule is O=P(O)(O)Oc1ccc(I)cc1. The zero-order valence-electron chi connectivity index (χ0n) is 5.85. The molecule has 66 valence electrons. The van der Waals surface area contributed by atoms with E-state index in [1.165, 1.54) is 12.1 Å². The van der Waals surface area contributed by atoms with Crippen LogP contribution >= 0.6 is 30.4 Å². The lowest BCUT2D eigenvalue weighted by Gasteiger charge is -2.05. The minimum Gasteiger partial charge on any atom is -0.404 e. The van der Waals surface area contributed by atoms with Crippen molar-refractivity contribution in [2.45, 2.75) is 0 Å². The van der Waals surface area contributed by atoms with E-state index in [0.717, 1.165) is 3.57 Å². The van der Waals surface area contributed by atoms with Gasteiger partial charge in [0.1, 0.15) is 5.75 Å². The molecule has 0 radical (unpaired) electrons. The fourth-order valence-corrected chi connectivity index (χ4v) is 1.39. The summed E-state index contributed by atoms with van der Waals surface area (Å²) in [5.41, 5.74) is 0. The first-order chi connectivity index (χ1) is 5.47. The Morgan fingerprint density at radius 2 is 1.75 bits per heavy atom. The molecule has 0 unspecified atom stereocenters. The van der Waals surface area contributed by atoms with Gasteiger partial charge in [-0.25, -0.2) is 4.57 Å². The minimum absolute atomic E-state index is 0.170. The fraction of sp³-hybridized carbons (Fsp3) is 0. The van der Waals surface area contributed by atoms with Crippen LogP contribution in [-0.2, 0) is 4.57 Å². The summed E-state index contributed by atoms with van der Waals surface area (Å²) in [5, 5.41) is 0. The summed E-state index contributed by atoms with van der Waals surface area (Å²) in [7, 11) is -4.41. The molecule has 12 heavy (non-hydrogen) atoms. The minimum atomic E-state index is -4.41. The molecule has 0 bridgehead atoms. The second-order valence-corrected chi connectivity index (χ2v) is 4.45. The van der Waals surface area contributed by atoms with E-state index >= 15 is 0 Å². The molecule has 4 nitrogen and oxygen atoms in total. The van der Waals surface area contributed by atoms with Gasteiger partial charge < -0.3 is 4.52 Å². The molecular weight excluding hydrogens is 294 g/mol. The highest BCUT2D eigenvalue weighted by Gasteiger charge is 2.14. The maximum absolute atomic E-state index is 10.4. The third kappa shape index (κ3) is 3.53. The quantitative estimate of drug-likeness (QED) is 0.645. The highest BCUT2D eigenvalue weighted by Crippen LogP contribution is 2.37. The van der Waals surface area contributed by atoms with E-state index in [4.69, 9.17) is 9.79 Å². The van der Waals surface area contributed by atoms with Gasteiger partial charge in [0, 0.05) is 3.57 Å². The van der Waals surface area contributed by atoms with Gasteiger partial charge in [0.2, 0.25) is 0 Å². The Kier molecular flexibility index (Phi) is 3.11. The molecule has 0 aliphatic carbocycles. The number of phosphoric ester groups is 1. The predicted octanol–water partition coefficient (Wildman–Crippen LogP) is 1.76. The van der Waals surface area contributed by atoms with Crippen LogP contribution < -0.4 is 4.52 Å². The van der Waals surface area contributed by atoms with Gasteiger partial charge in [-0.1, -0.05) is 0 Å². The maximum Gasteiger partial charge on any atom is 0.524 e. The van der Waals surface area contributed by atoms with Crippen molar-refractivity contribution in [3.05, 3.63) is 27.8 Å². The Bertz CT molecular complexity index is 304. The Hall–Kier alpha value is -0.100. The average Bonchev–Trinajstić information content (AvgIpc) is 1.91. The Morgan fingerprint density at radius 3 is 2.17 bits per heavy atom. The largest absolute Gasteiger partial charge is 0.524 e. The molecule has 6 heteroatoms. The van der Waals surface area contributed by atoms with Gasteiger partial charge in [0.25, 0.3) is 0 Å². The topological polar surface area (TPSA) is 66.8 Å². The van der Waals surface area contributed by atoms with Crippen molar-refractivity contribution in [2.24, 2.45) is 0 Å². The average molecular weight is 300 g/mol. The van der Waals surface area contributed by atoms with Crippen molar-refractivity contribution >= 4 is 30.4 Å². The van der Waals surface area contributed by atoms with Crippen LogP contribution in [0.2, 0.25) is 0 Å². The third-order valence-corrected chi connectivity index (χ3v) is 2.21. The molecule has 2 N–H and O–H groups in total. The van der Waals surface area contributed by atoms with Crippen molar-refractivity contribution in [1.82, 2.24) is 0 Å². The molecule has 0 amide bonds. The first-order valence-corrected chi connectivity index (χ1v) is 5.59. The molecular formula is C6H6IO4P. The molecule has 0 aromatic heterocycles. The molecule has 1 rings (SSSR count). The first-order valence-electron chi connectivity index (χ1n) is 2.98. The van der Waals surface area contributed by atoms with Crippen LogP contribution in [0.1, 0.15) is 0 Å². The van der Waals surface area contributed by atoms with E-state index in [0.29, 0.717) is 0 Å². The number of phosphoric acid groups is 1. The van der Waals surface area contributed by atoms with Gasteiger partial charge >= 0.3 is 7.82 Å². The van der Waals surface area contributed by atoms with Crippen LogP contribution in [0, 0.1) is 3.57 Å². The lowest BCUT2D eigenvalue weighted by Crippen LogP contribution is -1.89. The monoisotopic (exact) mass is 300 g/mol. The standard InChI is InChI=1S/C6H6IO4P/c7-5-1-3-6(4-2-5)11-12(8,9)10/h1-4H,(H2,8,9,10). The van der Waals surface area contributed by atoms with Gasteiger partial charge in [-0.05, 0) is 46.9 Å². The Balaban J connectivity index is 2.78.